The number of anilines is 1. The molecular formula is C22H16ClN3OS. The summed E-state index contributed by atoms with van der Waals surface area (Å²) in [5.74, 6) is -0.204. The molecule has 4 aromatic rings. The van der Waals surface area contributed by atoms with Crippen molar-refractivity contribution in [1.82, 2.24) is 10.2 Å². The molecule has 138 valence electrons. The number of nitrogens with one attached hydrogen (secondary N) is 1. The third kappa shape index (κ3) is 4.44. The summed E-state index contributed by atoms with van der Waals surface area (Å²) >= 11 is 7.23. The van der Waals surface area contributed by atoms with Crippen molar-refractivity contribution in [3.63, 3.8) is 0 Å². The maximum absolute atomic E-state index is 12.5. The maximum Gasteiger partial charge on any atom is 0.257 e. The highest BCUT2D eigenvalue weighted by atomic mass is 35.5. The summed E-state index contributed by atoms with van der Waals surface area (Å²) in [5, 5.41) is 12.9. The van der Waals surface area contributed by atoms with Gasteiger partial charge in [-0.15, -0.1) is 10.2 Å². The Bertz CT molecular complexity index is 1080. The third-order valence-electron chi connectivity index (χ3n) is 4.20. The predicted molar refractivity (Wildman–Crippen MR) is 114 cm³/mol. The first kappa shape index (κ1) is 18.3. The molecule has 1 aromatic heterocycles. The highest BCUT2D eigenvalue weighted by Gasteiger charge is 2.11. The second-order valence-corrected chi connectivity index (χ2v) is 7.65. The Labute approximate surface area is 171 Å². The second-order valence-electron chi connectivity index (χ2n) is 6.23. The van der Waals surface area contributed by atoms with Crippen LogP contribution in [0.25, 0.3) is 10.6 Å². The molecular weight excluding hydrogens is 390 g/mol. The van der Waals surface area contributed by atoms with Gasteiger partial charge in [0.2, 0.25) is 5.13 Å². The number of hydrogen-bond acceptors (Lipinski definition) is 4. The number of rotatable bonds is 5. The normalized spacial score (nSPS) is 10.6. The Morgan fingerprint density at radius 2 is 1.54 bits per heavy atom. The lowest BCUT2D eigenvalue weighted by Crippen LogP contribution is -2.11. The molecule has 0 fully saturated rings. The van der Waals surface area contributed by atoms with Gasteiger partial charge in [-0.25, -0.2) is 0 Å². The number of hydrogen-bond donors (Lipinski definition) is 1. The zero-order chi connectivity index (χ0) is 19.3. The van der Waals surface area contributed by atoms with Crippen molar-refractivity contribution in [2.45, 2.75) is 6.42 Å². The lowest BCUT2D eigenvalue weighted by Gasteiger charge is -2.04. The maximum atomic E-state index is 12.5. The molecule has 0 saturated carbocycles. The van der Waals surface area contributed by atoms with E-state index in [2.05, 4.69) is 27.6 Å². The fourth-order valence-electron chi connectivity index (χ4n) is 2.76. The van der Waals surface area contributed by atoms with Gasteiger partial charge in [0.1, 0.15) is 5.01 Å². The molecule has 4 nitrogen and oxygen atoms in total. The molecule has 4 rings (SSSR count). The lowest BCUT2D eigenvalue weighted by molar-refractivity contribution is 0.102. The first-order valence-corrected chi connectivity index (χ1v) is 9.90. The van der Waals surface area contributed by atoms with Crippen LogP contribution in [0.4, 0.5) is 5.13 Å². The van der Waals surface area contributed by atoms with Crippen molar-refractivity contribution < 1.29 is 4.79 Å². The Morgan fingerprint density at radius 3 is 2.25 bits per heavy atom. The zero-order valence-electron chi connectivity index (χ0n) is 14.8. The predicted octanol–water partition coefficient (Wildman–Crippen LogP) is 5.70. The van der Waals surface area contributed by atoms with Gasteiger partial charge in [-0.1, -0.05) is 77.5 Å². The van der Waals surface area contributed by atoms with Gasteiger partial charge in [-0.05, 0) is 41.8 Å². The Morgan fingerprint density at radius 1 is 0.857 bits per heavy atom. The monoisotopic (exact) mass is 405 g/mol. The summed E-state index contributed by atoms with van der Waals surface area (Å²) in [5.41, 5.74) is 3.89. The van der Waals surface area contributed by atoms with Crippen molar-refractivity contribution >= 4 is 34.0 Å². The quantitative estimate of drug-likeness (QED) is 0.463. The van der Waals surface area contributed by atoms with E-state index in [9.17, 15) is 4.79 Å². The van der Waals surface area contributed by atoms with Crippen molar-refractivity contribution in [3.05, 3.63) is 101 Å². The molecule has 3 aromatic carbocycles. The minimum atomic E-state index is -0.204. The van der Waals surface area contributed by atoms with Crippen LogP contribution in [0.2, 0.25) is 5.02 Å². The van der Waals surface area contributed by atoms with Gasteiger partial charge in [0.15, 0.2) is 0 Å². The van der Waals surface area contributed by atoms with Gasteiger partial charge in [0, 0.05) is 16.1 Å². The average molecular weight is 406 g/mol. The van der Waals surface area contributed by atoms with Crippen molar-refractivity contribution in [2.75, 3.05) is 5.32 Å². The zero-order valence-corrected chi connectivity index (χ0v) is 16.4. The molecule has 1 N–H and O–H groups in total. The topological polar surface area (TPSA) is 54.9 Å². The highest BCUT2D eigenvalue weighted by Crippen LogP contribution is 2.27. The summed E-state index contributed by atoms with van der Waals surface area (Å²) in [4.78, 5) is 12.5. The molecule has 0 spiro atoms. The van der Waals surface area contributed by atoms with Crippen LogP contribution in [0.1, 0.15) is 21.5 Å². The Balaban J connectivity index is 1.42. The van der Waals surface area contributed by atoms with Gasteiger partial charge in [0.25, 0.3) is 5.91 Å². The fourth-order valence-corrected chi connectivity index (χ4v) is 3.63. The molecule has 0 aliphatic carbocycles. The largest absolute Gasteiger partial charge is 0.296 e. The van der Waals surface area contributed by atoms with Crippen LogP contribution in [0.15, 0.2) is 78.9 Å². The average Bonchev–Trinajstić information content (AvgIpc) is 3.18. The van der Waals surface area contributed by atoms with E-state index >= 15 is 0 Å². The van der Waals surface area contributed by atoms with Gasteiger partial charge < -0.3 is 0 Å². The molecule has 0 aliphatic heterocycles. The summed E-state index contributed by atoms with van der Waals surface area (Å²) < 4.78 is 0. The standard InChI is InChI=1S/C22H16ClN3OS/c23-19-12-10-18(11-13-19)21-25-26-22(28-21)24-20(27)17-8-6-16(7-9-17)14-15-4-2-1-3-5-15/h1-13H,14H2,(H,24,26,27). The summed E-state index contributed by atoms with van der Waals surface area (Å²) in [6.45, 7) is 0. The van der Waals surface area contributed by atoms with E-state index in [4.69, 9.17) is 11.6 Å². The number of benzene rings is 3. The minimum Gasteiger partial charge on any atom is -0.296 e. The number of amides is 1. The Hall–Kier alpha value is -3.02. The van der Waals surface area contributed by atoms with E-state index in [1.165, 1.54) is 16.9 Å². The van der Waals surface area contributed by atoms with Crippen LogP contribution in [-0.2, 0) is 6.42 Å². The number of halogens is 1. The molecule has 0 bridgehead atoms. The third-order valence-corrected chi connectivity index (χ3v) is 5.34. The van der Waals surface area contributed by atoms with E-state index in [-0.39, 0.29) is 5.91 Å². The lowest BCUT2D eigenvalue weighted by atomic mass is 10.0. The van der Waals surface area contributed by atoms with Crippen LogP contribution < -0.4 is 5.32 Å². The molecule has 6 heteroatoms. The summed E-state index contributed by atoms with van der Waals surface area (Å²) in [6.07, 6.45) is 0.837. The number of carbonyl (C=O) groups excluding carboxylic acids is 1. The van der Waals surface area contributed by atoms with Crippen LogP contribution in [0.3, 0.4) is 0 Å². The van der Waals surface area contributed by atoms with Crippen LogP contribution in [0, 0.1) is 0 Å². The second kappa shape index (κ2) is 8.33. The van der Waals surface area contributed by atoms with Gasteiger partial charge in [-0.2, -0.15) is 0 Å². The van der Waals surface area contributed by atoms with E-state index in [1.807, 2.05) is 54.6 Å². The first-order chi connectivity index (χ1) is 13.7. The molecule has 28 heavy (non-hydrogen) atoms. The first-order valence-electron chi connectivity index (χ1n) is 8.71. The van der Waals surface area contributed by atoms with Crippen molar-refractivity contribution in [1.29, 1.82) is 0 Å². The molecule has 0 unspecified atom stereocenters. The van der Waals surface area contributed by atoms with E-state index in [0.29, 0.717) is 15.7 Å². The van der Waals surface area contributed by atoms with Crippen LogP contribution in [0.5, 0.6) is 0 Å². The summed E-state index contributed by atoms with van der Waals surface area (Å²) in [6, 6.07) is 25.2. The smallest absolute Gasteiger partial charge is 0.257 e. The number of carbonyl (C=O) groups is 1. The Kier molecular flexibility index (Phi) is 5.46. The van der Waals surface area contributed by atoms with Crippen molar-refractivity contribution in [2.24, 2.45) is 0 Å². The van der Waals surface area contributed by atoms with Gasteiger partial charge >= 0.3 is 0 Å². The van der Waals surface area contributed by atoms with Crippen LogP contribution in [-0.4, -0.2) is 16.1 Å². The molecule has 1 heterocycles. The van der Waals surface area contributed by atoms with Gasteiger partial charge in [0.05, 0.1) is 0 Å². The molecule has 0 aliphatic rings. The molecule has 0 saturated heterocycles. The van der Waals surface area contributed by atoms with Gasteiger partial charge in [-0.3, -0.25) is 10.1 Å². The molecule has 0 atom stereocenters. The fraction of sp³-hybridized carbons (Fsp3) is 0.0455. The number of nitrogens with zero attached hydrogens (tertiary/aromatic N) is 2. The SMILES string of the molecule is O=C(Nc1nnc(-c2ccc(Cl)cc2)s1)c1ccc(Cc2ccccc2)cc1. The van der Waals surface area contributed by atoms with E-state index in [1.54, 1.807) is 12.1 Å². The van der Waals surface area contributed by atoms with E-state index in [0.717, 1.165) is 22.6 Å². The molecule has 1 amide bonds. The molecule has 0 radical (unpaired) electrons. The van der Waals surface area contributed by atoms with E-state index < -0.39 is 0 Å². The van der Waals surface area contributed by atoms with Crippen LogP contribution >= 0.6 is 22.9 Å². The minimum absolute atomic E-state index is 0.204. The number of aromatic nitrogens is 2. The summed E-state index contributed by atoms with van der Waals surface area (Å²) in [7, 11) is 0. The highest BCUT2D eigenvalue weighted by molar-refractivity contribution is 7.18. The van der Waals surface area contributed by atoms with Crippen molar-refractivity contribution in [3.8, 4) is 10.6 Å².